The molecule has 1 amide bonds. The molecule has 1 atom stereocenters. The van der Waals surface area contributed by atoms with Gasteiger partial charge in [-0.15, -0.1) is 0 Å². The maximum atomic E-state index is 16.0. The Bertz CT molecular complexity index is 1160. The van der Waals surface area contributed by atoms with E-state index in [1.807, 2.05) is 0 Å². The molecule has 1 unspecified atom stereocenters. The van der Waals surface area contributed by atoms with Crippen molar-refractivity contribution in [3.63, 3.8) is 0 Å². The first-order valence-corrected chi connectivity index (χ1v) is 9.49. The molecule has 3 nitrogen and oxygen atoms in total. The van der Waals surface area contributed by atoms with Crippen molar-refractivity contribution >= 4 is 34.9 Å². The summed E-state index contributed by atoms with van der Waals surface area (Å²) in [7, 11) is 0. The summed E-state index contributed by atoms with van der Waals surface area (Å²) in [4.78, 5) is 25.6. The smallest absolute Gasteiger partial charge is 0.333 e. The summed E-state index contributed by atoms with van der Waals surface area (Å²) in [5.74, 6) is -7.18. The van der Waals surface area contributed by atoms with Crippen molar-refractivity contribution in [1.82, 2.24) is 5.32 Å². The fourth-order valence-electron chi connectivity index (χ4n) is 3.71. The van der Waals surface area contributed by atoms with Gasteiger partial charge in [0.15, 0.2) is 5.54 Å². The number of hydrogen-bond acceptors (Lipinski definition) is 2. The molecule has 3 aromatic carbocycles. The van der Waals surface area contributed by atoms with Crippen LogP contribution in [0.1, 0.15) is 31.8 Å². The first-order chi connectivity index (χ1) is 14.2. The summed E-state index contributed by atoms with van der Waals surface area (Å²) in [5, 5.41) is 2.31. The first kappa shape index (κ1) is 20.4. The molecule has 152 valence electrons. The summed E-state index contributed by atoms with van der Waals surface area (Å²) in [6, 6.07) is 13.4. The van der Waals surface area contributed by atoms with Gasteiger partial charge in [-0.05, 0) is 42.0 Å². The maximum Gasteiger partial charge on any atom is 0.340 e. The number of carbonyl (C=O) groups excluding carboxylic acids is 2. The number of hydrogen-bond donors (Lipinski definition) is 1. The van der Waals surface area contributed by atoms with Crippen LogP contribution in [-0.4, -0.2) is 17.6 Å². The lowest BCUT2D eigenvalue weighted by molar-refractivity contribution is -0.0411. The zero-order valence-corrected chi connectivity index (χ0v) is 16.6. The molecule has 0 saturated heterocycles. The largest absolute Gasteiger partial charge is 0.340 e. The van der Waals surface area contributed by atoms with E-state index < -0.39 is 34.5 Å². The van der Waals surface area contributed by atoms with Crippen LogP contribution in [0.2, 0.25) is 10.0 Å². The van der Waals surface area contributed by atoms with Crippen molar-refractivity contribution in [2.24, 2.45) is 0 Å². The van der Waals surface area contributed by atoms with Gasteiger partial charge in [0.25, 0.3) is 5.91 Å². The number of carbonyl (C=O) groups is 2. The fourth-order valence-corrected chi connectivity index (χ4v) is 4.23. The molecular formula is C22H12Cl2F3NO2. The van der Waals surface area contributed by atoms with Gasteiger partial charge in [-0.3, -0.25) is 9.59 Å². The van der Waals surface area contributed by atoms with Crippen molar-refractivity contribution in [2.75, 3.05) is 0 Å². The van der Waals surface area contributed by atoms with Gasteiger partial charge >= 0.3 is 5.92 Å². The average Bonchev–Trinajstić information content (AvgIpc) is 3.01. The van der Waals surface area contributed by atoms with E-state index in [0.29, 0.717) is 0 Å². The zero-order valence-electron chi connectivity index (χ0n) is 15.1. The Labute approximate surface area is 179 Å². The quantitative estimate of drug-likeness (QED) is 0.524. The SMILES string of the molecule is O=C1NC(c2ccc(F)cc2)(C(F)(F)C(=O)c2cc(Cl)cc(Cl)c2)c2ccccc21. The molecule has 0 bridgehead atoms. The van der Waals surface area contributed by atoms with E-state index in [1.54, 1.807) is 0 Å². The van der Waals surface area contributed by atoms with E-state index in [9.17, 15) is 14.0 Å². The minimum atomic E-state index is -4.17. The molecule has 0 spiro atoms. The van der Waals surface area contributed by atoms with Gasteiger partial charge in [-0.1, -0.05) is 53.5 Å². The van der Waals surface area contributed by atoms with Crippen LogP contribution in [0.25, 0.3) is 0 Å². The molecule has 8 heteroatoms. The van der Waals surface area contributed by atoms with Crippen molar-refractivity contribution in [2.45, 2.75) is 11.5 Å². The predicted octanol–water partition coefficient (Wildman–Crippen LogP) is 5.64. The lowest BCUT2D eigenvalue weighted by Gasteiger charge is -2.37. The van der Waals surface area contributed by atoms with E-state index in [4.69, 9.17) is 23.2 Å². The molecule has 4 rings (SSSR count). The van der Waals surface area contributed by atoms with Gasteiger partial charge in [-0.25, -0.2) is 4.39 Å². The monoisotopic (exact) mass is 449 g/mol. The third-order valence-electron chi connectivity index (χ3n) is 5.03. The van der Waals surface area contributed by atoms with Crippen LogP contribution in [0, 0.1) is 5.82 Å². The Morgan fingerprint density at radius 1 is 0.933 bits per heavy atom. The fraction of sp³-hybridized carbons (Fsp3) is 0.0909. The molecule has 30 heavy (non-hydrogen) atoms. The number of alkyl halides is 2. The number of halogens is 5. The molecule has 0 radical (unpaired) electrons. The molecule has 0 aliphatic carbocycles. The Hall–Kier alpha value is -2.83. The first-order valence-electron chi connectivity index (χ1n) is 8.73. The second-order valence-electron chi connectivity index (χ2n) is 6.82. The Balaban J connectivity index is 1.98. The third-order valence-corrected chi connectivity index (χ3v) is 5.47. The highest BCUT2D eigenvalue weighted by Gasteiger charge is 2.65. The second kappa shape index (κ2) is 7.15. The number of rotatable bonds is 4. The molecule has 0 saturated carbocycles. The summed E-state index contributed by atoms with van der Waals surface area (Å²) in [5.41, 5.74) is -3.20. The maximum absolute atomic E-state index is 16.0. The highest BCUT2D eigenvalue weighted by atomic mass is 35.5. The molecule has 1 heterocycles. The summed E-state index contributed by atoms with van der Waals surface area (Å²) >= 11 is 11.8. The van der Waals surface area contributed by atoms with Crippen LogP contribution < -0.4 is 5.32 Å². The topological polar surface area (TPSA) is 46.2 Å². The number of nitrogens with one attached hydrogen (secondary N) is 1. The molecule has 1 aliphatic rings. The summed E-state index contributed by atoms with van der Waals surface area (Å²) < 4.78 is 45.6. The number of ketones is 1. The van der Waals surface area contributed by atoms with Crippen LogP contribution >= 0.6 is 23.2 Å². The average molecular weight is 450 g/mol. The van der Waals surface area contributed by atoms with E-state index in [1.165, 1.54) is 30.3 Å². The van der Waals surface area contributed by atoms with Gasteiger partial charge in [0, 0.05) is 26.7 Å². The van der Waals surface area contributed by atoms with E-state index >= 15 is 8.78 Å². The Morgan fingerprint density at radius 3 is 2.17 bits per heavy atom. The molecule has 1 aliphatic heterocycles. The molecule has 0 fully saturated rings. The summed E-state index contributed by atoms with van der Waals surface area (Å²) in [6.07, 6.45) is 0. The third kappa shape index (κ3) is 2.99. The van der Waals surface area contributed by atoms with Gasteiger partial charge in [0.1, 0.15) is 5.82 Å². The van der Waals surface area contributed by atoms with Gasteiger partial charge < -0.3 is 5.32 Å². The van der Waals surface area contributed by atoms with Crippen LogP contribution in [0.5, 0.6) is 0 Å². The van der Waals surface area contributed by atoms with Crippen molar-refractivity contribution in [3.8, 4) is 0 Å². The molecule has 0 aromatic heterocycles. The number of amides is 1. The predicted molar refractivity (Wildman–Crippen MR) is 107 cm³/mol. The minimum Gasteiger partial charge on any atom is -0.333 e. The van der Waals surface area contributed by atoms with Crippen LogP contribution in [-0.2, 0) is 5.54 Å². The Kier molecular flexibility index (Phi) is 4.87. The summed E-state index contributed by atoms with van der Waals surface area (Å²) in [6.45, 7) is 0. The molecule has 1 N–H and O–H groups in total. The number of benzene rings is 3. The molecular weight excluding hydrogens is 438 g/mol. The van der Waals surface area contributed by atoms with Crippen molar-refractivity contribution < 1.29 is 22.8 Å². The normalized spacial score (nSPS) is 18.1. The van der Waals surface area contributed by atoms with Gasteiger partial charge in [0.05, 0.1) is 0 Å². The number of fused-ring (bicyclic) bond motifs is 1. The van der Waals surface area contributed by atoms with Crippen LogP contribution in [0.15, 0.2) is 66.7 Å². The second-order valence-corrected chi connectivity index (χ2v) is 7.69. The van der Waals surface area contributed by atoms with Crippen LogP contribution in [0.4, 0.5) is 13.2 Å². The minimum absolute atomic E-state index is 0.00146. The zero-order chi connectivity index (χ0) is 21.7. The van der Waals surface area contributed by atoms with E-state index in [-0.39, 0.29) is 26.7 Å². The van der Waals surface area contributed by atoms with E-state index in [0.717, 1.165) is 36.4 Å². The van der Waals surface area contributed by atoms with Gasteiger partial charge in [-0.2, -0.15) is 8.78 Å². The lowest BCUT2D eigenvalue weighted by atomic mass is 9.75. The van der Waals surface area contributed by atoms with Crippen LogP contribution in [0.3, 0.4) is 0 Å². The standard InChI is InChI=1S/C22H12Cl2F3NO2/c23-14-9-12(10-15(24)11-14)19(29)22(26,27)21(13-5-7-16(25)8-6-13)18-4-2-1-3-17(18)20(30)28-21/h1-11H,(H,28,30). The molecule has 3 aromatic rings. The Morgan fingerprint density at radius 2 is 1.53 bits per heavy atom. The van der Waals surface area contributed by atoms with Gasteiger partial charge in [0.2, 0.25) is 5.78 Å². The number of Topliss-reactive ketones (excluding diaryl/α,β-unsaturated/α-hetero) is 1. The highest BCUT2D eigenvalue weighted by molar-refractivity contribution is 6.35. The van der Waals surface area contributed by atoms with Crippen molar-refractivity contribution in [3.05, 3.63) is 105 Å². The van der Waals surface area contributed by atoms with E-state index in [2.05, 4.69) is 5.32 Å². The highest BCUT2D eigenvalue weighted by Crippen LogP contribution is 2.49. The lowest BCUT2D eigenvalue weighted by Crippen LogP contribution is -2.58. The van der Waals surface area contributed by atoms with Crippen molar-refractivity contribution in [1.29, 1.82) is 0 Å².